The van der Waals surface area contributed by atoms with E-state index in [2.05, 4.69) is 30.9 Å². The van der Waals surface area contributed by atoms with E-state index in [0.717, 1.165) is 11.5 Å². The average Bonchev–Trinajstić information content (AvgIpc) is 2.64. The summed E-state index contributed by atoms with van der Waals surface area (Å²) in [4.78, 5) is 2.45. The van der Waals surface area contributed by atoms with Crippen LogP contribution in [0, 0.1) is 12.8 Å². The molecule has 2 heteroatoms. The zero-order chi connectivity index (χ0) is 10.8. The first kappa shape index (κ1) is 10.5. The molecule has 0 saturated carbocycles. The van der Waals surface area contributed by atoms with Gasteiger partial charge in [0, 0.05) is 18.8 Å². The van der Waals surface area contributed by atoms with E-state index in [1.54, 1.807) is 0 Å². The molecule has 1 aliphatic heterocycles. The van der Waals surface area contributed by atoms with Crippen LogP contribution in [0.1, 0.15) is 24.5 Å². The molecule has 1 N–H and O–H groups in total. The highest BCUT2D eigenvalue weighted by molar-refractivity contribution is 5.55. The third-order valence-electron chi connectivity index (χ3n) is 3.21. The first-order valence-electron chi connectivity index (χ1n) is 5.66. The molecule has 1 saturated heterocycles. The zero-order valence-electron chi connectivity index (χ0n) is 9.53. The number of anilines is 1. The van der Waals surface area contributed by atoms with E-state index in [9.17, 15) is 0 Å². The van der Waals surface area contributed by atoms with Crippen molar-refractivity contribution in [2.45, 2.75) is 26.9 Å². The Kier molecular flexibility index (Phi) is 2.96. The standard InChI is InChI=1S/C13H19NO/c1-10-5-6-14(8-10)13-4-3-12(9-15)7-11(13)2/h3-4,7,10,15H,5-6,8-9H2,1-2H3. The summed E-state index contributed by atoms with van der Waals surface area (Å²) in [5.41, 5.74) is 3.61. The van der Waals surface area contributed by atoms with Crippen LogP contribution in [-0.4, -0.2) is 18.2 Å². The molecule has 1 aliphatic rings. The largest absolute Gasteiger partial charge is 0.392 e. The Hall–Kier alpha value is -1.02. The van der Waals surface area contributed by atoms with Crippen molar-refractivity contribution in [3.8, 4) is 0 Å². The Morgan fingerprint density at radius 2 is 2.27 bits per heavy atom. The lowest BCUT2D eigenvalue weighted by molar-refractivity contribution is 0.282. The van der Waals surface area contributed by atoms with Crippen LogP contribution in [0.2, 0.25) is 0 Å². The molecular formula is C13H19NO. The van der Waals surface area contributed by atoms with E-state index < -0.39 is 0 Å². The fourth-order valence-corrected chi connectivity index (χ4v) is 2.32. The fraction of sp³-hybridized carbons (Fsp3) is 0.538. The highest BCUT2D eigenvalue weighted by Gasteiger charge is 2.19. The van der Waals surface area contributed by atoms with E-state index in [1.165, 1.54) is 30.8 Å². The lowest BCUT2D eigenvalue weighted by Crippen LogP contribution is -2.20. The first-order valence-corrected chi connectivity index (χ1v) is 5.66. The second-order valence-electron chi connectivity index (χ2n) is 4.62. The lowest BCUT2D eigenvalue weighted by atomic mass is 10.1. The van der Waals surface area contributed by atoms with Gasteiger partial charge in [-0.1, -0.05) is 19.1 Å². The maximum atomic E-state index is 9.05. The molecule has 2 rings (SSSR count). The van der Waals surface area contributed by atoms with Crippen LogP contribution in [0.4, 0.5) is 5.69 Å². The normalized spacial score (nSPS) is 21.0. The summed E-state index contributed by atoms with van der Waals surface area (Å²) in [7, 11) is 0. The Balaban J connectivity index is 2.21. The molecule has 0 bridgehead atoms. The van der Waals surface area contributed by atoms with Crippen molar-refractivity contribution in [2.75, 3.05) is 18.0 Å². The second kappa shape index (κ2) is 4.23. The maximum absolute atomic E-state index is 9.05. The molecule has 1 aromatic carbocycles. The predicted octanol–water partition coefficient (Wildman–Crippen LogP) is 2.33. The van der Waals surface area contributed by atoms with E-state index in [-0.39, 0.29) is 6.61 Å². The summed E-state index contributed by atoms with van der Waals surface area (Å²) in [6, 6.07) is 6.24. The molecule has 1 aromatic rings. The number of rotatable bonds is 2. The van der Waals surface area contributed by atoms with Crippen LogP contribution in [0.25, 0.3) is 0 Å². The Morgan fingerprint density at radius 1 is 1.47 bits per heavy atom. The van der Waals surface area contributed by atoms with E-state index in [1.807, 2.05) is 6.07 Å². The molecule has 0 amide bonds. The van der Waals surface area contributed by atoms with Gasteiger partial charge in [-0.05, 0) is 36.5 Å². The smallest absolute Gasteiger partial charge is 0.0681 e. The van der Waals surface area contributed by atoms with Crippen molar-refractivity contribution in [2.24, 2.45) is 5.92 Å². The summed E-state index contributed by atoms with van der Waals surface area (Å²) in [6.07, 6.45) is 1.29. The monoisotopic (exact) mass is 205 g/mol. The summed E-state index contributed by atoms with van der Waals surface area (Å²) in [5.74, 6) is 0.807. The molecule has 1 unspecified atom stereocenters. The van der Waals surface area contributed by atoms with Gasteiger partial charge in [-0.15, -0.1) is 0 Å². The van der Waals surface area contributed by atoms with Crippen molar-refractivity contribution in [1.82, 2.24) is 0 Å². The zero-order valence-corrected chi connectivity index (χ0v) is 9.53. The Labute approximate surface area is 91.5 Å². The minimum Gasteiger partial charge on any atom is -0.392 e. The minimum atomic E-state index is 0.136. The molecule has 1 heterocycles. The Bertz CT molecular complexity index is 348. The van der Waals surface area contributed by atoms with Gasteiger partial charge in [0.2, 0.25) is 0 Å². The number of benzene rings is 1. The molecule has 0 spiro atoms. The molecule has 1 fully saturated rings. The molecule has 15 heavy (non-hydrogen) atoms. The van der Waals surface area contributed by atoms with Crippen molar-refractivity contribution in [1.29, 1.82) is 0 Å². The molecule has 82 valence electrons. The van der Waals surface area contributed by atoms with E-state index >= 15 is 0 Å². The van der Waals surface area contributed by atoms with Crippen molar-refractivity contribution >= 4 is 5.69 Å². The number of aliphatic hydroxyl groups is 1. The van der Waals surface area contributed by atoms with Gasteiger partial charge in [0.15, 0.2) is 0 Å². The van der Waals surface area contributed by atoms with Gasteiger partial charge in [0.1, 0.15) is 0 Å². The molecular weight excluding hydrogens is 186 g/mol. The van der Waals surface area contributed by atoms with Gasteiger partial charge < -0.3 is 10.0 Å². The predicted molar refractivity (Wildman–Crippen MR) is 63.1 cm³/mol. The molecule has 1 atom stereocenters. The van der Waals surface area contributed by atoms with Gasteiger partial charge in [-0.3, -0.25) is 0 Å². The topological polar surface area (TPSA) is 23.5 Å². The van der Waals surface area contributed by atoms with Gasteiger partial charge in [-0.2, -0.15) is 0 Å². The third kappa shape index (κ3) is 2.15. The van der Waals surface area contributed by atoms with Crippen molar-refractivity contribution in [3.05, 3.63) is 29.3 Å². The molecule has 0 radical (unpaired) electrons. The summed E-state index contributed by atoms with van der Waals surface area (Å²) >= 11 is 0. The van der Waals surface area contributed by atoms with Gasteiger partial charge in [0.25, 0.3) is 0 Å². The SMILES string of the molecule is Cc1cc(CO)ccc1N1CCC(C)C1. The number of hydrogen-bond acceptors (Lipinski definition) is 2. The van der Waals surface area contributed by atoms with Gasteiger partial charge in [-0.25, -0.2) is 0 Å². The van der Waals surface area contributed by atoms with Crippen LogP contribution in [0.15, 0.2) is 18.2 Å². The Morgan fingerprint density at radius 3 is 2.80 bits per heavy atom. The quantitative estimate of drug-likeness (QED) is 0.801. The highest BCUT2D eigenvalue weighted by atomic mass is 16.3. The van der Waals surface area contributed by atoms with Crippen LogP contribution in [-0.2, 0) is 6.61 Å². The fourth-order valence-electron chi connectivity index (χ4n) is 2.32. The van der Waals surface area contributed by atoms with E-state index in [0.29, 0.717) is 0 Å². The van der Waals surface area contributed by atoms with Crippen molar-refractivity contribution in [3.63, 3.8) is 0 Å². The number of aryl methyl sites for hydroxylation is 1. The maximum Gasteiger partial charge on any atom is 0.0681 e. The van der Waals surface area contributed by atoms with Crippen LogP contribution < -0.4 is 4.90 Å². The minimum absolute atomic E-state index is 0.136. The molecule has 0 aromatic heterocycles. The summed E-state index contributed by atoms with van der Waals surface area (Å²) in [6.45, 7) is 6.90. The van der Waals surface area contributed by atoms with Gasteiger partial charge >= 0.3 is 0 Å². The number of hydrogen-bond donors (Lipinski definition) is 1. The van der Waals surface area contributed by atoms with Crippen LogP contribution >= 0.6 is 0 Å². The second-order valence-corrected chi connectivity index (χ2v) is 4.62. The third-order valence-corrected chi connectivity index (χ3v) is 3.21. The summed E-state index contributed by atoms with van der Waals surface area (Å²) < 4.78 is 0. The van der Waals surface area contributed by atoms with Crippen molar-refractivity contribution < 1.29 is 5.11 Å². The van der Waals surface area contributed by atoms with Gasteiger partial charge in [0.05, 0.1) is 6.61 Å². The van der Waals surface area contributed by atoms with Crippen LogP contribution in [0.5, 0.6) is 0 Å². The highest BCUT2D eigenvalue weighted by Crippen LogP contribution is 2.27. The van der Waals surface area contributed by atoms with E-state index in [4.69, 9.17) is 5.11 Å². The number of aliphatic hydroxyl groups excluding tert-OH is 1. The summed E-state index contributed by atoms with van der Waals surface area (Å²) in [5, 5.41) is 9.05. The molecule has 2 nitrogen and oxygen atoms in total. The lowest BCUT2D eigenvalue weighted by Gasteiger charge is -2.21. The first-order chi connectivity index (χ1) is 7.20. The number of nitrogens with zero attached hydrogens (tertiary/aromatic N) is 1. The molecule has 0 aliphatic carbocycles. The van der Waals surface area contributed by atoms with Crippen LogP contribution in [0.3, 0.4) is 0 Å². The average molecular weight is 205 g/mol.